The first kappa shape index (κ1) is 23.7. The highest BCUT2D eigenvalue weighted by atomic mass is 32.2. The molecule has 1 amide bonds. The van der Waals surface area contributed by atoms with Gasteiger partial charge in [-0.1, -0.05) is 36.4 Å². The maximum Gasteiger partial charge on any atom is 0.293 e. The third-order valence-electron chi connectivity index (χ3n) is 4.72. The fraction of sp³-hybridized carbons (Fsp3) is 0.174. The molecule has 172 valence electrons. The number of para-hydroxylation sites is 1. The summed E-state index contributed by atoms with van der Waals surface area (Å²) in [7, 11) is -3.57. The lowest BCUT2D eigenvalue weighted by Gasteiger charge is -2.12. The van der Waals surface area contributed by atoms with Crippen LogP contribution in [0.15, 0.2) is 77.7 Å². The van der Waals surface area contributed by atoms with Gasteiger partial charge in [-0.2, -0.15) is 0 Å². The normalized spacial score (nSPS) is 10.9. The number of anilines is 1. The van der Waals surface area contributed by atoms with Crippen molar-refractivity contribution in [2.75, 3.05) is 24.7 Å². The molecule has 0 aromatic heterocycles. The minimum Gasteiger partial charge on any atom is -0.489 e. The van der Waals surface area contributed by atoms with Crippen LogP contribution in [0.25, 0.3) is 0 Å². The summed E-state index contributed by atoms with van der Waals surface area (Å²) in [6.45, 7) is 0.621. The number of nitro benzene ring substituents is 1. The maximum absolute atomic E-state index is 12.6. The van der Waals surface area contributed by atoms with Crippen molar-refractivity contribution in [1.29, 1.82) is 0 Å². The molecule has 0 aliphatic heterocycles. The Kier molecular flexibility index (Phi) is 7.62. The van der Waals surface area contributed by atoms with Crippen molar-refractivity contribution < 1.29 is 22.9 Å². The van der Waals surface area contributed by atoms with Crippen molar-refractivity contribution >= 4 is 27.1 Å². The topological polar surface area (TPSA) is 128 Å². The molecule has 0 saturated heterocycles. The predicted molar refractivity (Wildman–Crippen MR) is 124 cm³/mol. The number of carbonyl (C=O) groups is 1. The Balaban J connectivity index is 1.59. The van der Waals surface area contributed by atoms with Crippen LogP contribution in [-0.2, 0) is 16.4 Å². The van der Waals surface area contributed by atoms with Crippen LogP contribution >= 0.6 is 0 Å². The van der Waals surface area contributed by atoms with E-state index >= 15 is 0 Å². The van der Waals surface area contributed by atoms with Crippen molar-refractivity contribution in [2.24, 2.45) is 0 Å². The summed E-state index contributed by atoms with van der Waals surface area (Å²) < 4.78 is 29.0. The van der Waals surface area contributed by atoms with Crippen LogP contribution in [0.3, 0.4) is 0 Å². The van der Waals surface area contributed by atoms with Crippen LogP contribution in [-0.4, -0.2) is 38.6 Å². The number of sulfone groups is 1. The molecule has 0 spiro atoms. The first-order valence-corrected chi connectivity index (χ1v) is 11.9. The van der Waals surface area contributed by atoms with Gasteiger partial charge in [0.05, 0.1) is 9.82 Å². The summed E-state index contributed by atoms with van der Waals surface area (Å²) in [6.07, 6.45) is 0.984. The molecule has 10 heteroatoms. The molecule has 0 bridgehead atoms. The second-order valence-electron chi connectivity index (χ2n) is 7.15. The molecule has 0 fully saturated rings. The van der Waals surface area contributed by atoms with Gasteiger partial charge in [-0.15, -0.1) is 0 Å². The highest BCUT2D eigenvalue weighted by molar-refractivity contribution is 7.90. The molecule has 0 saturated carbocycles. The molecule has 2 N–H and O–H groups in total. The number of benzene rings is 3. The zero-order valence-electron chi connectivity index (χ0n) is 17.9. The van der Waals surface area contributed by atoms with Crippen LogP contribution in [0.2, 0.25) is 0 Å². The maximum atomic E-state index is 12.6. The van der Waals surface area contributed by atoms with Gasteiger partial charge in [0.15, 0.2) is 9.84 Å². The molecule has 33 heavy (non-hydrogen) atoms. The van der Waals surface area contributed by atoms with Gasteiger partial charge in [0.1, 0.15) is 18.0 Å². The third-order valence-corrected chi connectivity index (χ3v) is 5.83. The molecule has 0 radical (unpaired) electrons. The van der Waals surface area contributed by atoms with E-state index in [1.54, 1.807) is 12.1 Å². The van der Waals surface area contributed by atoms with E-state index in [4.69, 9.17) is 4.74 Å². The number of hydrogen-bond donors (Lipinski definition) is 2. The Morgan fingerprint density at radius 1 is 1.00 bits per heavy atom. The number of amides is 1. The SMILES string of the molecule is CS(=O)(=O)c1ccc(NCCNC(=O)c2ccccc2COc2ccccc2)c([N+](=O)[O-])c1. The van der Waals surface area contributed by atoms with Crippen LogP contribution in [0.4, 0.5) is 11.4 Å². The zero-order chi connectivity index (χ0) is 23.8. The number of carbonyl (C=O) groups excluding carboxylic acids is 1. The summed E-state index contributed by atoms with van der Waals surface area (Å²) in [5, 5.41) is 17.0. The monoisotopic (exact) mass is 469 g/mol. The van der Waals surface area contributed by atoms with Crippen molar-refractivity contribution in [3.8, 4) is 5.75 Å². The largest absolute Gasteiger partial charge is 0.489 e. The molecule has 3 aromatic carbocycles. The number of nitro groups is 1. The Bertz CT molecular complexity index is 1250. The molecule has 0 aliphatic carbocycles. The number of rotatable bonds is 10. The molecule has 3 aromatic rings. The first-order chi connectivity index (χ1) is 15.8. The predicted octanol–water partition coefficient (Wildman–Crippen LogP) is 3.42. The van der Waals surface area contributed by atoms with Gasteiger partial charge in [0.25, 0.3) is 11.6 Å². The lowest BCUT2D eigenvalue weighted by molar-refractivity contribution is -0.384. The molecule has 0 aliphatic rings. The summed E-state index contributed by atoms with van der Waals surface area (Å²) in [5.74, 6) is 0.395. The summed E-state index contributed by atoms with van der Waals surface area (Å²) >= 11 is 0. The van der Waals surface area contributed by atoms with E-state index in [9.17, 15) is 23.3 Å². The Hall–Kier alpha value is -3.92. The second kappa shape index (κ2) is 10.6. The molecular formula is C23H23N3O6S. The Morgan fingerprint density at radius 2 is 1.70 bits per heavy atom. The van der Waals surface area contributed by atoms with Gasteiger partial charge in [-0.05, 0) is 30.3 Å². The third kappa shape index (κ3) is 6.53. The molecular weight excluding hydrogens is 446 g/mol. The molecule has 0 heterocycles. The van der Waals surface area contributed by atoms with E-state index in [0.717, 1.165) is 17.9 Å². The van der Waals surface area contributed by atoms with E-state index in [2.05, 4.69) is 10.6 Å². The van der Waals surface area contributed by atoms with Crippen molar-refractivity contribution in [3.05, 3.63) is 94.0 Å². The highest BCUT2D eigenvalue weighted by Crippen LogP contribution is 2.27. The average molecular weight is 470 g/mol. The number of nitrogens with zero attached hydrogens (tertiary/aromatic N) is 1. The molecule has 0 atom stereocenters. The fourth-order valence-corrected chi connectivity index (χ4v) is 3.70. The van der Waals surface area contributed by atoms with Gasteiger partial charge in [-0.3, -0.25) is 14.9 Å². The minimum absolute atomic E-state index is 0.137. The van der Waals surface area contributed by atoms with Gasteiger partial charge in [0.2, 0.25) is 0 Å². The average Bonchev–Trinajstić information content (AvgIpc) is 2.80. The second-order valence-corrected chi connectivity index (χ2v) is 9.17. The Labute approximate surface area is 191 Å². The zero-order valence-corrected chi connectivity index (χ0v) is 18.7. The highest BCUT2D eigenvalue weighted by Gasteiger charge is 2.18. The summed E-state index contributed by atoms with van der Waals surface area (Å²) in [6, 6.07) is 20.0. The first-order valence-electron chi connectivity index (χ1n) is 10.0. The lowest BCUT2D eigenvalue weighted by atomic mass is 10.1. The van der Waals surface area contributed by atoms with Gasteiger partial charge in [0, 0.05) is 36.5 Å². The number of nitrogens with one attached hydrogen (secondary N) is 2. The number of ether oxygens (including phenoxy) is 1. The van der Waals surface area contributed by atoms with Crippen molar-refractivity contribution in [3.63, 3.8) is 0 Å². The molecule has 3 rings (SSSR count). The standard InChI is InChI=1S/C23H23N3O6S/c1-33(30,31)19-11-12-21(22(15-19)26(28)29)24-13-14-25-23(27)20-10-6-5-7-17(20)16-32-18-8-3-2-4-9-18/h2-12,15,24H,13-14,16H2,1H3,(H,25,27). The fourth-order valence-electron chi connectivity index (χ4n) is 3.06. The van der Waals surface area contributed by atoms with E-state index in [-0.39, 0.29) is 41.9 Å². The number of hydrogen-bond acceptors (Lipinski definition) is 7. The van der Waals surface area contributed by atoms with E-state index in [1.807, 2.05) is 42.5 Å². The van der Waals surface area contributed by atoms with Crippen LogP contribution < -0.4 is 15.4 Å². The van der Waals surface area contributed by atoms with Crippen LogP contribution in [0, 0.1) is 10.1 Å². The van der Waals surface area contributed by atoms with Gasteiger partial charge in [-0.25, -0.2) is 8.42 Å². The van der Waals surface area contributed by atoms with Crippen molar-refractivity contribution in [1.82, 2.24) is 5.32 Å². The smallest absolute Gasteiger partial charge is 0.293 e. The van der Waals surface area contributed by atoms with Gasteiger partial charge < -0.3 is 15.4 Å². The minimum atomic E-state index is -3.57. The van der Waals surface area contributed by atoms with Crippen LogP contribution in [0.1, 0.15) is 15.9 Å². The summed E-state index contributed by atoms with van der Waals surface area (Å²) in [4.78, 5) is 23.2. The molecule has 9 nitrogen and oxygen atoms in total. The van der Waals surface area contributed by atoms with Crippen molar-refractivity contribution in [2.45, 2.75) is 11.5 Å². The Morgan fingerprint density at radius 3 is 2.39 bits per heavy atom. The van der Waals surface area contributed by atoms with E-state index in [1.165, 1.54) is 12.1 Å². The summed E-state index contributed by atoms with van der Waals surface area (Å²) in [5.41, 5.74) is 1.00. The molecule has 0 unspecified atom stereocenters. The van der Waals surface area contributed by atoms with Gasteiger partial charge >= 0.3 is 0 Å². The lowest BCUT2D eigenvalue weighted by Crippen LogP contribution is -2.29. The van der Waals surface area contributed by atoms with E-state index < -0.39 is 14.8 Å². The van der Waals surface area contributed by atoms with E-state index in [0.29, 0.717) is 11.3 Å². The quantitative estimate of drug-likeness (QED) is 0.264. The van der Waals surface area contributed by atoms with Crippen LogP contribution in [0.5, 0.6) is 5.75 Å².